The number of carbonyl (C=O) groups excluding carboxylic acids is 2. The topological polar surface area (TPSA) is 47.1 Å². The van der Waals surface area contributed by atoms with Crippen molar-refractivity contribution in [3.05, 3.63) is 29.8 Å². The lowest BCUT2D eigenvalue weighted by Gasteiger charge is -2.38. The summed E-state index contributed by atoms with van der Waals surface area (Å²) < 4.78 is 0. The van der Waals surface area contributed by atoms with Crippen molar-refractivity contribution in [3.63, 3.8) is 0 Å². The van der Waals surface area contributed by atoms with Crippen LogP contribution >= 0.6 is 0 Å². The van der Waals surface area contributed by atoms with E-state index in [-0.39, 0.29) is 5.91 Å². The highest BCUT2D eigenvalue weighted by Crippen LogP contribution is 2.17. The maximum absolute atomic E-state index is 12.5. The number of rotatable bonds is 5. The first-order valence-electron chi connectivity index (χ1n) is 10.6. The van der Waals surface area contributed by atoms with Gasteiger partial charge in [0.25, 0.3) is 0 Å². The zero-order valence-electron chi connectivity index (χ0n) is 17.8. The van der Waals surface area contributed by atoms with Crippen LogP contribution in [-0.4, -0.2) is 92.3 Å². The maximum atomic E-state index is 12.5. The van der Waals surface area contributed by atoms with Crippen LogP contribution in [0, 0.1) is 0 Å². The number of carbonyl (C=O) groups is 2. The minimum atomic E-state index is 0.263. The summed E-state index contributed by atoms with van der Waals surface area (Å²) in [6.45, 7) is 15.3. The lowest BCUT2D eigenvalue weighted by molar-refractivity contribution is -0.134. The van der Waals surface area contributed by atoms with Gasteiger partial charge in [-0.1, -0.05) is 27.2 Å². The van der Waals surface area contributed by atoms with Crippen LogP contribution in [0.2, 0.25) is 0 Å². The number of nitrogens with zero attached hydrogens (tertiary/aromatic N) is 4. The molecule has 2 heterocycles. The van der Waals surface area contributed by atoms with Crippen molar-refractivity contribution in [2.75, 3.05) is 70.3 Å². The van der Waals surface area contributed by atoms with E-state index < -0.39 is 0 Å². The van der Waals surface area contributed by atoms with E-state index in [4.69, 9.17) is 0 Å². The molecule has 28 heavy (non-hydrogen) atoms. The summed E-state index contributed by atoms with van der Waals surface area (Å²) in [5.41, 5.74) is 1.85. The SMILES string of the molecule is CCC.CCN1CCN(C(=O)CN2CCN(c3ccc(C=O)cc3)CC2)CC1. The Morgan fingerprint density at radius 2 is 1.39 bits per heavy atom. The largest absolute Gasteiger partial charge is 0.369 e. The monoisotopic (exact) mass is 388 g/mol. The second kappa shape index (κ2) is 11.8. The third-order valence-electron chi connectivity index (χ3n) is 5.30. The van der Waals surface area contributed by atoms with Crippen LogP contribution in [0.4, 0.5) is 5.69 Å². The molecule has 6 heteroatoms. The Balaban J connectivity index is 0.000000878. The Bertz CT molecular complexity index is 589. The summed E-state index contributed by atoms with van der Waals surface area (Å²) >= 11 is 0. The lowest BCUT2D eigenvalue weighted by Crippen LogP contribution is -2.53. The van der Waals surface area contributed by atoms with Crippen molar-refractivity contribution in [1.82, 2.24) is 14.7 Å². The van der Waals surface area contributed by atoms with E-state index in [1.165, 1.54) is 6.42 Å². The molecule has 2 aliphatic heterocycles. The summed E-state index contributed by atoms with van der Waals surface area (Å²) in [6, 6.07) is 7.71. The highest BCUT2D eigenvalue weighted by Gasteiger charge is 2.24. The van der Waals surface area contributed by atoms with Gasteiger partial charge in [0, 0.05) is 63.6 Å². The van der Waals surface area contributed by atoms with Gasteiger partial charge in [-0.05, 0) is 30.8 Å². The fourth-order valence-electron chi connectivity index (χ4n) is 3.53. The maximum Gasteiger partial charge on any atom is 0.236 e. The first-order valence-corrected chi connectivity index (χ1v) is 10.6. The molecule has 1 amide bonds. The number of hydrogen-bond donors (Lipinski definition) is 0. The van der Waals surface area contributed by atoms with Crippen LogP contribution < -0.4 is 4.90 Å². The van der Waals surface area contributed by atoms with E-state index in [1.54, 1.807) is 0 Å². The quantitative estimate of drug-likeness (QED) is 0.724. The zero-order valence-corrected chi connectivity index (χ0v) is 17.8. The molecule has 0 N–H and O–H groups in total. The molecule has 0 radical (unpaired) electrons. The highest BCUT2D eigenvalue weighted by molar-refractivity contribution is 5.78. The van der Waals surface area contributed by atoms with Crippen molar-refractivity contribution in [2.45, 2.75) is 27.2 Å². The van der Waals surface area contributed by atoms with Gasteiger partial charge in [-0.15, -0.1) is 0 Å². The first-order chi connectivity index (χ1) is 13.6. The van der Waals surface area contributed by atoms with Crippen molar-refractivity contribution in [1.29, 1.82) is 0 Å². The van der Waals surface area contributed by atoms with Gasteiger partial charge < -0.3 is 14.7 Å². The predicted molar refractivity (Wildman–Crippen MR) is 115 cm³/mol. The number of aldehydes is 1. The number of hydrogen-bond acceptors (Lipinski definition) is 5. The van der Waals surface area contributed by atoms with Gasteiger partial charge in [0.15, 0.2) is 0 Å². The Labute approximate surface area is 170 Å². The van der Waals surface area contributed by atoms with E-state index in [0.717, 1.165) is 70.9 Å². The number of amides is 1. The molecule has 0 bridgehead atoms. The van der Waals surface area contributed by atoms with E-state index in [2.05, 4.69) is 35.5 Å². The van der Waals surface area contributed by atoms with Crippen LogP contribution in [0.1, 0.15) is 37.6 Å². The number of likely N-dealkylation sites (N-methyl/N-ethyl adjacent to an activating group) is 1. The normalized spacial score (nSPS) is 18.4. The molecular formula is C22H36N4O2. The molecule has 0 unspecified atom stereocenters. The number of anilines is 1. The molecule has 6 nitrogen and oxygen atoms in total. The van der Waals surface area contributed by atoms with Gasteiger partial charge in [-0.2, -0.15) is 0 Å². The third kappa shape index (κ3) is 6.60. The fourth-order valence-corrected chi connectivity index (χ4v) is 3.53. The Kier molecular flexibility index (Phi) is 9.44. The van der Waals surface area contributed by atoms with Gasteiger partial charge in [-0.3, -0.25) is 14.5 Å². The summed E-state index contributed by atoms with van der Waals surface area (Å²) in [7, 11) is 0. The summed E-state index contributed by atoms with van der Waals surface area (Å²) in [5, 5.41) is 0. The molecule has 1 aromatic carbocycles. The summed E-state index contributed by atoms with van der Waals surface area (Å²) in [5.74, 6) is 0.263. The van der Waals surface area contributed by atoms with Crippen LogP contribution in [0.15, 0.2) is 24.3 Å². The molecule has 0 saturated carbocycles. The molecule has 2 saturated heterocycles. The average molecular weight is 389 g/mol. The van der Waals surface area contributed by atoms with E-state index in [0.29, 0.717) is 12.1 Å². The minimum absolute atomic E-state index is 0.263. The van der Waals surface area contributed by atoms with E-state index in [9.17, 15) is 9.59 Å². The zero-order chi connectivity index (χ0) is 20.4. The lowest BCUT2D eigenvalue weighted by atomic mass is 10.2. The van der Waals surface area contributed by atoms with Gasteiger partial charge in [0.1, 0.15) is 6.29 Å². The van der Waals surface area contributed by atoms with E-state index >= 15 is 0 Å². The van der Waals surface area contributed by atoms with Crippen LogP contribution in [0.3, 0.4) is 0 Å². The molecule has 0 spiro atoms. The molecular weight excluding hydrogens is 352 g/mol. The molecule has 0 aromatic heterocycles. The minimum Gasteiger partial charge on any atom is -0.369 e. The highest BCUT2D eigenvalue weighted by atomic mass is 16.2. The van der Waals surface area contributed by atoms with E-state index in [1.807, 2.05) is 29.2 Å². The van der Waals surface area contributed by atoms with Crippen molar-refractivity contribution in [3.8, 4) is 0 Å². The predicted octanol–water partition coefficient (Wildman–Crippen LogP) is 2.20. The van der Waals surface area contributed by atoms with Gasteiger partial charge in [0.2, 0.25) is 5.91 Å². The Morgan fingerprint density at radius 3 is 1.89 bits per heavy atom. The van der Waals surface area contributed by atoms with Gasteiger partial charge >= 0.3 is 0 Å². The van der Waals surface area contributed by atoms with Crippen LogP contribution in [0.25, 0.3) is 0 Å². The van der Waals surface area contributed by atoms with Gasteiger partial charge in [0.05, 0.1) is 6.54 Å². The molecule has 2 aliphatic rings. The average Bonchev–Trinajstić information content (AvgIpc) is 2.75. The van der Waals surface area contributed by atoms with Crippen LogP contribution in [0.5, 0.6) is 0 Å². The summed E-state index contributed by atoms with van der Waals surface area (Å²) in [4.78, 5) is 32.2. The van der Waals surface area contributed by atoms with Crippen molar-refractivity contribution < 1.29 is 9.59 Å². The van der Waals surface area contributed by atoms with Crippen LogP contribution in [-0.2, 0) is 4.79 Å². The molecule has 0 atom stereocenters. The molecule has 2 fully saturated rings. The Hall–Kier alpha value is -1.92. The Morgan fingerprint density at radius 1 is 0.857 bits per heavy atom. The molecule has 0 aliphatic carbocycles. The number of benzene rings is 1. The number of piperazine rings is 2. The second-order valence-electron chi connectivity index (χ2n) is 7.49. The van der Waals surface area contributed by atoms with Gasteiger partial charge in [-0.25, -0.2) is 0 Å². The molecule has 1 aromatic rings. The smallest absolute Gasteiger partial charge is 0.236 e. The molecule has 3 rings (SSSR count). The molecule has 156 valence electrons. The first kappa shape index (κ1) is 22.4. The van der Waals surface area contributed by atoms with Crippen molar-refractivity contribution in [2.24, 2.45) is 0 Å². The standard InChI is InChI=1S/C19H28N4O2.C3H8/c1-2-20-7-13-23(14-8-20)19(25)15-21-9-11-22(12-10-21)18-5-3-17(16-24)4-6-18;1-3-2/h3-6,16H,2,7-15H2,1H3;3H2,1-2H3. The third-order valence-corrected chi connectivity index (χ3v) is 5.30. The van der Waals surface area contributed by atoms with Crippen molar-refractivity contribution >= 4 is 17.9 Å². The second-order valence-corrected chi connectivity index (χ2v) is 7.49. The summed E-state index contributed by atoms with van der Waals surface area (Å²) in [6.07, 6.45) is 2.12. The fraction of sp³-hybridized carbons (Fsp3) is 0.636.